The molecule has 0 radical (unpaired) electrons. The van der Waals surface area contributed by atoms with E-state index in [0.717, 1.165) is 22.4 Å². The highest BCUT2D eigenvalue weighted by Crippen LogP contribution is 2.32. The normalized spacial score (nSPS) is 10.6. The van der Waals surface area contributed by atoms with E-state index in [1.54, 1.807) is 12.4 Å². The second-order valence-electron chi connectivity index (χ2n) is 4.65. The Labute approximate surface area is 131 Å². The van der Waals surface area contributed by atoms with Gasteiger partial charge in [0.1, 0.15) is 5.82 Å². The summed E-state index contributed by atoms with van der Waals surface area (Å²) in [6.45, 7) is 2.00. The summed E-state index contributed by atoms with van der Waals surface area (Å²) in [5.41, 5.74) is 9.74. The minimum absolute atomic E-state index is 0.419. The summed E-state index contributed by atoms with van der Waals surface area (Å²) in [4.78, 5) is 13.2. The molecule has 0 spiro atoms. The van der Waals surface area contributed by atoms with Gasteiger partial charge in [0.05, 0.1) is 10.2 Å². The molecule has 0 bridgehead atoms. The number of halogens is 1. The number of hydrogen-bond donors (Lipinski definition) is 1. The third kappa shape index (κ3) is 2.64. The average Bonchev–Trinajstić information content (AvgIpc) is 2.51. The molecule has 0 unspecified atom stereocenters. The maximum absolute atomic E-state index is 6.03. The predicted molar refractivity (Wildman–Crippen MR) is 87.5 cm³/mol. The first-order chi connectivity index (χ1) is 10.2. The molecule has 0 fully saturated rings. The summed E-state index contributed by atoms with van der Waals surface area (Å²) in [5.74, 6) is 1.00. The highest BCUT2D eigenvalue weighted by Gasteiger charge is 2.14. The van der Waals surface area contributed by atoms with Crippen molar-refractivity contribution in [1.82, 2.24) is 15.0 Å². The molecule has 1 aromatic carbocycles. The molecule has 0 aliphatic heterocycles. The fourth-order valence-electron chi connectivity index (χ4n) is 2.07. The molecule has 0 saturated carbocycles. The first-order valence-corrected chi connectivity index (χ1v) is 7.25. The molecule has 0 atom stereocenters. The first-order valence-electron chi connectivity index (χ1n) is 6.46. The van der Waals surface area contributed by atoms with Gasteiger partial charge in [-0.2, -0.15) is 0 Å². The van der Waals surface area contributed by atoms with Gasteiger partial charge in [0.2, 0.25) is 0 Å². The summed E-state index contributed by atoms with van der Waals surface area (Å²) < 4.78 is 0.707. The Balaban J connectivity index is 2.22. The van der Waals surface area contributed by atoms with Gasteiger partial charge in [-0.1, -0.05) is 30.3 Å². The second-order valence-corrected chi connectivity index (χ2v) is 5.44. The first kappa shape index (κ1) is 13.7. The van der Waals surface area contributed by atoms with E-state index in [9.17, 15) is 0 Å². The van der Waals surface area contributed by atoms with Crippen molar-refractivity contribution in [2.75, 3.05) is 5.73 Å². The molecule has 104 valence electrons. The number of nitrogens with zero attached hydrogens (tertiary/aromatic N) is 3. The molecule has 21 heavy (non-hydrogen) atoms. The van der Waals surface area contributed by atoms with Gasteiger partial charge >= 0.3 is 0 Å². The Morgan fingerprint density at radius 1 is 1.05 bits per heavy atom. The van der Waals surface area contributed by atoms with E-state index in [1.807, 2.05) is 43.3 Å². The lowest BCUT2D eigenvalue weighted by atomic mass is 10.1. The van der Waals surface area contributed by atoms with Crippen LogP contribution in [0.25, 0.3) is 22.6 Å². The van der Waals surface area contributed by atoms with E-state index in [4.69, 9.17) is 5.73 Å². The summed E-state index contributed by atoms with van der Waals surface area (Å²) in [5, 5.41) is 0. The van der Waals surface area contributed by atoms with Gasteiger partial charge in [-0.05, 0) is 34.5 Å². The third-order valence-corrected chi connectivity index (χ3v) is 3.99. The van der Waals surface area contributed by atoms with Gasteiger partial charge in [-0.3, -0.25) is 4.98 Å². The highest BCUT2D eigenvalue weighted by atomic mass is 79.9. The minimum atomic E-state index is 0.419. The van der Waals surface area contributed by atoms with Crippen molar-refractivity contribution in [2.24, 2.45) is 0 Å². The van der Waals surface area contributed by atoms with E-state index in [1.165, 1.54) is 0 Å². The van der Waals surface area contributed by atoms with Crippen LogP contribution in [0.4, 0.5) is 5.82 Å². The number of aromatic nitrogens is 3. The summed E-state index contributed by atoms with van der Waals surface area (Å²) in [6, 6.07) is 11.8. The lowest BCUT2D eigenvalue weighted by Gasteiger charge is -2.10. The van der Waals surface area contributed by atoms with E-state index < -0.39 is 0 Å². The van der Waals surface area contributed by atoms with Crippen molar-refractivity contribution in [3.63, 3.8) is 0 Å². The Hall–Kier alpha value is -2.27. The molecule has 0 saturated heterocycles. The van der Waals surface area contributed by atoms with Crippen molar-refractivity contribution < 1.29 is 0 Å². The molecule has 3 aromatic rings. The number of hydrogen-bond acceptors (Lipinski definition) is 4. The molecule has 0 aliphatic rings. The number of pyridine rings is 1. The summed E-state index contributed by atoms with van der Waals surface area (Å²) in [6.07, 6.45) is 3.51. The molecular weight excluding hydrogens is 328 g/mol. The molecule has 3 rings (SSSR count). The van der Waals surface area contributed by atoms with Crippen molar-refractivity contribution in [1.29, 1.82) is 0 Å². The van der Waals surface area contributed by atoms with Crippen molar-refractivity contribution in [3.05, 3.63) is 58.8 Å². The highest BCUT2D eigenvalue weighted by molar-refractivity contribution is 9.10. The Kier molecular flexibility index (Phi) is 3.66. The minimum Gasteiger partial charge on any atom is -0.383 e. The average molecular weight is 341 g/mol. The van der Waals surface area contributed by atoms with Crippen molar-refractivity contribution >= 4 is 21.7 Å². The lowest BCUT2D eigenvalue weighted by Crippen LogP contribution is -2.01. The van der Waals surface area contributed by atoms with Crippen LogP contribution < -0.4 is 5.73 Å². The number of nitrogen functional groups attached to an aromatic ring is 1. The van der Waals surface area contributed by atoms with Crippen LogP contribution in [0.2, 0.25) is 0 Å². The molecule has 2 N–H and O–H groups in total. The third-order valence-electron chi connectivity index (χ3n) is 3.20. The van der Waals surface area contributed by atoms with E-state index in [2.05, 4.69) is 30.9 Å². The molecular formula is C16H13BrN4. The molecule has 5 heteroatoms. The zero-order valence-corrected chi connectivity index (χ0v) is 13.0. The van der Waals surface area contributed by atoms with Crippen LogP contribution in [0, 0.1) is 6.92 Å². The fourth-order valence-corrected chi connectivity index (χ4v) is 2.48. The van der Waals surface area contributed by atoms with Crippen LogP contribution in [0.1, 0.15) is 5.56 Å². The standard InChI is InChI=1S/C16H13BrN4/c1-10-7-8-19-9-12(10)16-20-14(13(17)15(18)21-16)11-5-3-2-4-6-11/h2-9H,1H3,(H2,18,20,21). The van der Waals surface area contributed by atoms with Crippen LogP contribution >= 0.6 is 15.9 Å². The van der Waals surface area contributed by atoms with Crippen molar-refractivity contribution in [3.8, 4) is 22.6 Å². The zero-order valence-electron chi connectivity index (χ0n) is 11.4. The fraction of sp³-hybridized carbons (Fsp3) is 0.0625. The topological polar surface area (TPSA) is 64.7 Å². The SMILES string of the molecule is Cc1ccncc1-c1nc(N)c(Br)c(-c2ccccc2)n1. The molecule has 0 amide bonds. The maximum atomic E-state index is 6.03. The molecule has 0 aliphatic carbocycles. The van der Waals surface area contributed by atoms with Gasteiger partial charge < -0.3 is 5.73 Å². The monoisotopic (exact) mass is 340 g/mol. The smallest absolute Gasteiger partial charge is 0.164 e. The van der Waals surface area contributed by atoms with Gasteiger partial charge in [0, 0.05) is 23.5 Å². The largest absolute Gasteiger partial charge is 0.383 e. The van der Waals surface area contributed by atoms with Gasteiger partial charge in [0.15, 0.2) is 5.82 Å². The molecule has 4 nitrogen and oxygen atoms in total. The number of benzene rings is 1. The molecule has 2 heterocycles. The van der Waals surface area contributed by atoms with Crippen LogP contribution in [-0.4, -0.2) is 15.0 Å². The number of anilines is 1. The maximum Gasteiger partial charge on any atom is 0.164 e. The summed E-state index contributed by atoms with van der Waals surface area (Å²) in [7, 11) is 0. The summed E-state index contributed by atoms with van der Waals surface area (Å²) >= 11 is 3.48. The molecule has 2 aromatic heterocycles. The number of nitrogens with two attached hydrogens (primary N) is 1. The quantitative estimate of drug-likeness (QED) is 0.769. The van der Waals surface area contributed by atoms with Gasteiger partial charge in [0.25, 0.3) is 0 Å². The van der Waals surface area contributed by atoms with E-state index >= 15 is 0 Å². The lowest BCUT2D eigenvalue weighted by molar-refractivity contribution is 1.15. The second kappa shape index (κ2) is 5.61. The Morgan fingerprint density at radius 2 is 1.81 bits per heavy atom. The zero-order chi connectivity index (χ0) is 14.8. The van der Waals surface area contributed by atoms with Crippen LogP contribution in [-0.2, 0) is 0 Å². The van der Waals surface area contributed by atoms with Crippen LogP contribution in [0.15, 0.2) is 53.3 Å². The van der Waals surface area contributed by atoms with Crippen LogP contribution in [0.3, 0.4) is 0 Å². The predicted octanol–water partition coefficient (Wildman–Crippen LogP) is 3.86. The van der Waals surface area contributed by atoms with Gasteiger partial charge in [-0.25, -0.2) is 9.97 Å². The van der Waals surface area contributed by atoms with E-state index in [0.29, 0.717) is 16.1 Å². The van der Waals surface area contributed by atoms with E-state index in [-0.39, 0.29) is 0 Å². The Bertz CT molecular complexity index is 788. The van der Waals surface area contributed by atoms with Gasteiger partial charge in [-0.15, -0.1) is 0 Å². The van der Waals surface area contributed by atoms with Crippen LogP contribution in [0.5, 0.6) is 0 Å². The van der Waals surface area contributed by atoms with Crippen molar-refractivity contribution in [2.45, 2.75) is 6.92 Å². The Morgan fingerprint density at radius 3 is 2.52 bits per heavy atom. The number of rotatable bonds is 2. The number of aryl methyl sites for hydroxylation is 1.